The number of benzene rings is 2. The molecule has 2 amide bonds. The molecule has 164 valence electrons. The fourth-order valence-electron chi connectivity index (χ4n) is 5.14. The van der Waals surface area contributed by atoms with Crippen molar-refractivity contribution in [1.29, 1.82) is 0 Å². The molecule has 0 aromatic heterocycles. The molecule has 1 saturated heterocycles. The summed E-state index contributed by atoms with van der Waals surface area (Å²) in [4.78, 5) is 28.1. The number of urea groups is 1. The Kier molecular flexibility index (Phi) is 5.95. The predicted molar refractivity (Wildman–Crippen MR) is 122 cm³/mol. The van der Waals surface area contributed by atoms with E-state index in [4.69, 9.17) is 22.4 Å². The normalized spacial score (nSPS) is 26.4. The van der Waals surface area contributed by atoms with Crippen LogP contribution in [-0.4, -0.2) is 47.2 Å². The number of carbonyl (C=O) groups excluding carboxylic acids is 1. The van der Waals surface area contributed by atoms with Crippen molar-refractivity contribution in [2.45, 2.75) is 50.1 Å². The van der Waals surface area contributed by atoms with E-state index >= 15 is 0 Å². The lowest BCUT2D eigenvalue weighted by molar-refractivity contribution is 0.0697. The van der Waals surface area contributed by atoms with Gasteiger partial charge in [0, 0.05) is 41.3 Å². The van der Waals surface area contributed by atoms with Gasteiger partial charge in [0.15, 0.2) is 0 Å². The van der Waals surface area contributed by atoms with Crippen molar-refractivity contribution < 1.29 is 14.7 Å². The lowest BCUT2D eigenvalue weighted by atomic mass is 9.68. The highest BCUT2D eigenvalue weighted by Crippen LogP contribution is 2.42. The summed E-state index contributed by atoms with van der Waals surface area (Å²) in [6.07, 6.45) is 3.62. The molecule has 6 nitrogen and oxygen atoms in total. The minimum Gasteiger partial charge on any atom is -0.478 e. The van der Waals surface area contributed by atoms with Gasteiger partial charge in [-0.25, -0.2) is 9.59 Å². The van der Waals surface area contributed by atoms with Crippen LogP contribution >= 0.6 is 11.6 Å². The molecule has 4 rings (SSSR count). The number of carboxylic acid groups (broad SMARTS) is 1. The van der Waals surface area contributed by atoms with E-state index in [0.717, 1.165) is 36.4 Å². The van der Waals surface area contributed by atoms with Crippen LogP contribution in [0.15, 0.2) is 48.5 Å². The number of halogens is 1. The quantitative estimate of drug-likeness (QED) is 0.714. The second-order valence-corrected chi connectivity index (χ2v) is 9.16. The molecule has 7 heteroatoms. The Morgan fingerprint density at radius 1 is 1.19 bits per heavy atom. The van der Waals surface area contributed by atoms with Crippen molar-refractivity contribution in [3.05, 3.63) is 64.7 Å². The van der Waals surface area contributed by atoms with Crippen LogP contribution in [0.25, 0.3) is 0 Å². The Morgan fingerprint density at radius 3 is 2.45 bits per heavy atom. The van der Waals surface area contributed by atoms with E-state index < -0.39 is 5.97 Å². The molecule has 1 atom stereocenters. The number of hydrogen-bond acceptors (Lipinski definition) is 3. The first-order chi connectivity index (χ1) is 14.8. The molecule has 2 aromatic carbocycles. The zero-order valence-electron chi connectivity index (χ0n) is 17.6. The number of amides is 2. The molecular formula is C24H28ClN3O3. The third-order valence-corrected chi connectivity index (χ3v) is 7.17. The first-order valence-electron chi connectivity index (χ1n) is 10.7. The summed E-state index contributed by atoms with van der Waals surface area (Å²) in [5.41, 5.74) is 8.26. The molecule has 0 bridgehead atoms. The molecule has 2 aliphatic rings. The van der Waals surface area contributed by atoms with Crippen LogP contribution in [-0.2, 0) is 5.41 Å². The second-order valence-electron chi connectivity index (χ2n) is 8.73. The fraction of sp³-hybridized carbons (Fsp3) is 0.417. The number of rotatable bonds is 5. The van der Waals surface area contributed by atoms with Crippen molar-refractivity contribution in [2.24, 2.45) is 5.73 Å². The second kappa shape index (κ2) is 8.52. The van der Waals surface area contributed by atoms with Gasteiger partial charge in [-0.1, -0.05) is 23.7 Å². The number of carbonyl (C=O) groups is 2. The van der Waals surface area contributed by atoms with Gasteiger partial charge in [0.05, 0.1) is 5.56 Å². The van der Waals surface area contributed by atoms with Gasteiger partial charge in [-0.2, -0.15) is 0 Å². The average Bonchev–Trinajstić information content (AvgIpc) is 3.07. The number of carboxylic acids is 1. The third-order valence-electron chi connectivity index (χ3n) is 6.93. The maximum Gasteiger partial charge on any atom is 0.335 e. The molecule has 0 spiro atoms. The van der Waals surface area contributed by atoms with Crippen LogP contribution in [0.4, 0.5) is 10.5 Å². The minimum absolute atomic E-state index is 0.0106. The van der Waals surface area contributed by atoms with Crippen molar-refractivity contribution in [3.63, 3.8) is 0 Å². The van der Waals surface area contributed by atoms with E-state index in [1.54, 1.807) is 29.2 Å². The fourth-order valence-corrected chi connectivity index (χ4v) is 5.33. The molecule has 31 heavy (non-hydrogen) atoms. The Bertz CT molecular complexity index is 970. The Hall–Kier alpha value is -2.57. The molecule has 1 aliphatic carbocycles. The van der Waals surface area contributed by atoms with Crippen LogP contribution in [0.3, 0.4) is 0 Å². The highest BCUT2D eigenvalue weighted by Gasteiger charge is 2.44. The highest BCUT2D eigenvalue weighted by molar-refractivity contribution is 6.30. The van der Waals surface area contributed by atoms with Gasteiger partial charge in [-0.15, -0.1) is 0 Å². The van der Waals surface area contributed by atoms with Gasteiger partial charge in [0.25, 0.3) is 0 Å². The number of hydrogen-bond donors (Lipinski definition) is 2. The van der Waals surface area contributed by atoms with E-state index in [1.807, 2.05) is 23.1 Å². The smallest absolute Gasteiger partial charge is 0.335 e. The van der Waals surface area contributed by atoms with Gasteiger partial charge < -0.3 is 15.7 Å². The number of nitrogens with zero attached hydrogens (tertiary/aromatic N) is 2. The van der Waals surface area contributed by atoms with Crippen LogP contribution in [0.1, 0.15) is 48.5 Å². The molecule has 1 aliphatic heterocycles. The van der Waals surface area contributed by atoms with Crippen molar-refractivity contribution in [3.8, 4) is 0 Å². The van der Waals surface area contributed by atoms with E-state index in [9.17, 15) is 9.59 Å². The predicted octanol–water partition coefficient (Wildman–Crippen LogP) is 4.51. The molecular weight excluding hydrogens is 414 g/mol. The standard InChI is InChI=1S/C24H28ClN3O3/c1-16-14-27(20-7-5-17(6-8-20)22(29)30)23(31)28(16)21-9-11-24(15-26,12-10-21)18-3-2-4-19(25)13-18/h2-8,13,16,21H,9-12,14-15,26H2,1H3,(H,29,30)/t16-,21?,24?/m0/s1. The Labute approximate surface area is 187 Å². The minimum atomic E-state index is -0.973. The SMILES string of the molecule is C[C@H]1CN(c2ccc(C(=O)O)cc2)C(=O)N1C1CCC(CN)(c2cccc(Cl)c2)CC1. The largest absolute Gasteiger partial charge is 0.478 e. The first kappa shape index (κ1) is 21.7. The molecule has 0 radical (unpaired) electrons. The lowest BCUT2D eigenvalue weighted by Gasteiger charge is -2.43. The Balaban J connectivity index is 1.48. The van der Waals surface area contributed by atoms with Crippen molar-refractivity contribution in [2.75, 3.05) is 18.0 Å². The number of anilines is 1. The topological polar surface area (TPSA) is 86.9 Å². The maximum absolute atomic E-state index is 13.3. The monoisotopic (exact) mass is 441 g/mol. The maximum atomic E-state index is 13.3. The van der Waals surface area contributed by atoms with Gasteiger partial charge in [0.2, 0.25) is 0 Å². The zero-order chi connectivity index (χ0) is 22.2. The van der Waals surface area contributed by atoms with Crippen LogP contribution in [0.2, 0.25) is 5.02 Å². The highest BCUT2D eigenvalue weighted by atomic mass is 35.5. The van der Waals surface area contributed by atoms with Crippen molar-refractivity contribution >= 4 is 29.3 Å². The molecule has 3 N–H and O–H groups in total. The van der Waals surface area contributed by atoms with E-state index in [0.29, 0.717) is 13.1 Å². The first-order valence-corrected chi connectivity index (χ1v) is 11.1. The van der Waals surface area contributed by atoms with E-state index in [1.165, 1.54) is 5.56 Å². The number of nitrogens with two attached hydrogens (primary N) is 1. The van der Waals surface area contributed by atoms with Gasteiger partial charge in [-0.05, 0) is 74.6 Å². The van der Waals surface area contributed by atoms with Gasteiger partial charge in [-0.3, -0.25) is 4.90 Å². The van der Waals surface area contributed by atoms with Gasteiger partial charge in [0.1, 0.15) is 0 Å². The summed E-state index contributed by atoms with van der Waals surface area (Å²) in [5.74, 6) is -0.973. The summed E-state index contributed by atoms with van der Waals surface area (Å²) < 4.78 is 0. The molecule has 1 saturated carbocycles. The molecule has 2 fully saturated rings. The van der Waals surface area contributed by atoms with E-state index in [-0.39, 0.29) is 29.1 Å². The molecule has 0 unspecified atom stereocenters. The molecule has 1 heterocycles. The van der Waals surface area contributed by atoms with Gasteiger partial charge >= 0.3 is 12.0 Å². The van der Waals surface area contributed by atoms with E-state index in [2.05, 4.69) is 13.0 Å². The summed E-state index contributed by atoms with van der Waals surface area (Å²) >= 11 is 6.22. The third kappa shape index (κ3) is 4.02. The summed E-state index contributed by atoms with van der Waals surface area (Å²) in [7, 11) is 0. The van der Waals surface area contributed by atoms with Crippen LogP contribution in [0.5, 0.6) is 0 Å². The summed E-state index contributed by atoms with van der Waals surface area (Å²) in [6.45, 7) is 3.23. The average molecular weight is 442 g/mol. The van der Waals surface area contributed by atoms with Crippen LogP contribution in [0, 0.1) is 0 Å². The molecule has 2 aromatic rings. The summed E-state index contributed by atoms with van der Waals surface area (Å²) in [6, 6.07) is 14.7. The Morgan fingerprint density at radius 2 is 1.87 bits per heavy atom. The summed E-state index contributed by atoms with van der Waals surface area (Å²) in [5, 5.41) is 9.83. The van der Waals surface area contributed by atoms with Crippen LogP contribution < -0.4 is 10.6 Å². The zero-order valence-corrected chi connectivity index (χ0v) is 18.4. The lowest BCUT2D eigenvalue weighted by Crippen LogP contribution is -2.48. The van der Waals surface area contributed by atoms with Crippen molar-refractivity contribution in [1.82, 2.24) is 4.90 Å². The number of aromatic carboxylic acids is 1.